The van der Waals surface area contributed by atoms with Crippen molar-refractivity contribution in [2.75, 3.05) is 6.61 Å². The molecule has 0 saturated heterocycles. The fourth-order valence-electron chi connectivity index (χ4n) is 1.67. The summed E-state index contributed by atoms with van der Waals surface area (Å²) in [6, 6.07) is 5.55. The van der Waals surface area contributed by atoms with Crippen molar-refractivity contribution in [3.05, 3.63) is 33.9 Å². The van der Waals surface area contributed by atoms with Crippen molar-refractivity contribution in [3.63, 3.8) is 0 Å². The van der Waals surface area contributed by atoms with Gasteiger partial charge in [0.05, 0.1) is 28.6 Å². The van der Waals surface area contributed by atoms with E-state index in [9.17, 15) is 14.9 Å². The number of nitro benzene ring substituents is 1. The Morgan fingerprint density at radius 1 is 1.52 bits per heavy atom. The zero-order chi connectivity index (χ0) is 16.0. The molecular weight excluding hydrogens is 276 g/mol. The maximum absolute atomic E-state index is 10.9. The molecule has 0 aliphatic rings. The van der Waals surface area contributed by atoms with E-state index in [1.807, 2.05) is 0 Å². The summed E-state index contributed by atoms with van der Waals surface area (Å²) < 4.78 is 5.31. The number of hydrogen-bond acceptors (Lipinski definition) is 5. The Labute approximate surface area is 121 Å². The smallest absolute Gasteiger partial charge is 0.335 e. The topological polar surface area (TPSA) is 113 Å². The summed E-state index contributed by atoms with van der Waals surface area (Å²) >= 11 is 0. The molecule has 0 aromatic heterocycles. The van der Waals surface area contributed by atoms with Crippen LogP contribution in [0.1, 0.15) is 37.0 Å². The highest BCUT2D eigenvalue weighted by Crippen LogP contribution is 2.29. The van der Waals surface area contributed by atoms with Crippen LogP contribution in [0, 0.1) is 26.9 Å². The Kier molecular flexibility index (Phi) is 5.24. The number of carboxylic acids is 1. The van der Waals surface area contributed by atoms with E-state index in [1.54, 1.807) is 13.8 Å². The summed E-state index contributed by atoms with van der Waals surface area (Å²) in [7, 11) is 0. The van der Waals surface area contributed by atoms with Gasteiger partial charge in [0, 0.05) is 12.1 Å². The number of rotatable bonds is 7. The monoisotopic (exact) mass is 292 g/mol. The molecule has 0 aliphatic carbocycles. The minimum atomic E-state index is -1.18. The molecule has 112 valence electrons. The quantitative estimate of drug-likeness (QED) is 0.469. The largest absolute Gasteiger partial charge is 0.487 e. The molecule has 0 saturated carbocycles. The number of carboxylic acid groups (broad SMARTS) is 1. The Hall–Kier alpha value is -2.62. The molecule has 1 N–H and O–H groups in total. The van der Waals surface area contributed by atoms with E-state index in [0.717, 1.165) is 18.2 Å². The first-order valence-corrected chi connectivity index (χ1v) is 6.32. The maximum atomic E-state index is 10.9. The predicted octanol–water partition coefficient (Wildman–Crippen LogP) is 3.00. The second kappa shape index (κ2) is 6.70. The van der Waals surface area contributed by atoms with Crippen LogP contribution in [0.4, 0.5) is 5.69 Å². The number of carbonyl (C=O) groups is 1. The summed E-state index contributed by atoms with van der Waals surface area (Å²) in [5.74, 6) is -1.25. The SMILES string of the molecule is CC(C)(C#N)CCCOc1cc(C(=O)O)ccc1[N+](=O)[O-]. The first-order chi connectivity index (χ1) is 9.76. The van der Waals surface area contributed by atoms with Crippen LogP contribution in [0.15, 0.2) is 18.2 Å². The second-order valence-electron chi connectivity index (χ2n) is 5.19. The molecule has 0 aliphatic heterocycles. The molecule has 0 spiro atoms. The van der Waals surface area contributed by atoms with Gasteiger partial charge in [-0.15, -0.1) is 0 Å². The zero-order valence-corrected chi connectivity index (χ0v) is 11.8. The van der Waals surface area contributed by atoms with Gasteiger partial charge in [0.2, 0.25) is 0 Å². The zero-order valence-electron chi connectivity index (χ0n) is 11.8. The highest BCUT2D eigenvalue weighted by atomic mass is 16.6. The Bertz CT molecular complexity index is 590. The van der Waals surface area contributed by atoms with E-state index in [0.29, 0.717) is 12.8 Å². The van der Waals surface area contributed by atoms with E-state index in [2.05, 4.69) is 6.07 Å². The van der Waals surface area contributed by atoms with E-state index in [4.69, 9.17) is 15.1 Å². The van der Waals surface area contributed by atoms with Crippen molar-refractivity contribution < 1.29 is 19.6 Å². The van der Waals surface area contributed by atoms with Gasteiger partial charge in [-0.05, 0) is 32.8 Å². The molecule has 1 rings (SSSR count). The number of ether oxygens (including phenoxy) is 1. The van der Waals surface area contributed by atoms with Crippen LogP contribution < -0.4 is 4.74 Å². The van der Waals surface area contributed by atoms with Crippen molar-refractivity contribution >= 4 is 11.7 Å². The lowest BCUT2D eigenvalue weighted by Gasteiger charge is -2.14. The van der Waals surface area contributed by atoms with E-state index in [1.165, 1.54) is 0 Å². The molecule has 0 unspecified atom stereocenters. The minimum absolute atomic E-state index is 0.0744. The third kappa shape index (κ3) is 4.76. The number of nitriles is 1. The standard InChI is InChI=1S/C14H16N2O5/c1-14(2,9-15)6-3-7-21-12-8-10(13(17)18)4-5-11(12)16(19)20/h4-5,8H,3,6-7H2,1-2H3,(H,17,18). The van der Waals surface area contributed by atoms with E-state index < -0.39 is 16.3 Å². The first-order valence-electron chi connectivity index (χ1n) is 6.32. The van der Waals surface area contributed by atoms with Crippen LogP contribution in [-0.4, -0.2) is 22.6 Å². The van der Waals surface area contributed by atoms with Gasteiger partial charge < -0.3 is 9.84 Å². The lowest BCUT2D eigenvalue weighted by Crippen LogP contribution is -2.10. The summed E-state index contributed by atoms with van der Waals surface area (Å²) in [5, 5.41) is 28.6. The Morgan fingerprint density at radius 3 is 2.71 bits per heavy atom. The van der Waals surface area contributed by atoms with Gasteiger partial charge in [0.25, 0.3) is 0 Å². The molecule has 0 atom stereocenters. The van der Waals surface area contributed by atoms with Crippen LogP contribution >= 0.6 is 0 Å². The van der Waals surface area contributed by atoms with E-state index >= 15 is 0 Å². The summed E-state index contributed by atoms with van der Waals surface area (Å²) in [5.41, 5.74) is -0.842. The van der Waals surface area contributed by atoms with Gasteiger partial charge in [-0.3, -0.25) is 10.1 Å². The van der Waals surface area contributed by atoms with Crippen molar-refractivity contribution in [2.45, 2.75) is 26.7 Å². The third-order valence-electron chi connectivity index (χ3n) is 2.91. The van der Waals surface area contributed by atoms with Gasteiger partial charge >= 0.3 is 11.7 Å². The molecule has 0 heterocycles. The van der Waals surface area contributed by atoms with Gasteiger partial charge in [0.1, 0.15) is 0 Å². The fraction of sp³-hybridized carbons (Fsp3) is 0.429. The van der Waals surface area contributed by atoms with Crippen molar-refractivity contribution in [3.8, 4) is 11.8 Å². The highest BCUT2D eigenvalue weighted by Gasteiger charge is 2.19. The summed E-state index contributed by atoms with van der Waals surface area (Å²) in [6.07, 6.45) is 1.12. The van der Waals surface area contributed by atoms with Crippen LogP contribution in [-0.2, 0) is 0 Å². The number of nitro groups is 1. The normalized spacial score (nSPS) is 10.7. The molecule has 1 aromatic rings. The molecular formula is C14H16N2O5. The molecule has 0 radical (unpaired) electrons. The molecule has 0 amide bonds. The highest BCUT2D eigenvalue weighted by molar-refractivity contribution is 5.88. The predicted molar refractivity (Wildman–Crippen MR) is 74.2 cm³/mol. The number of hydrogen-bond donors (Lipinski definition) is 1. The van der Waals surface area contributed by atoms with Crippen LogP contribution in [0.3, 0.4) is 0 Å². The van der Waals surface area contributed by atoms with Gasteiger partial charge in [-0.1, -0.05) is 0 Å². The van der Waals surface area contributed by atoms with Crippen molar-refractivity contribution in [2.24, 2.45) is 5.41 Å². The Balaban J connectivity index is 2.77. The molecule has 1 aromatic carbocycles. The van der Waals surface area contributed by atoms with E-state index in [-0.39, 0.29) is 23.6 Å². The van der Waals surface area contributed by atoms with Gasteiger partial charge in [-0.25, -0.2) is 4.79 Å². The van der Waals surface area contributed by atoms with Gasteiger partial charge in [-0.2, -0.15) is 5.26 Å². The maximum Gasteiger partial charge on any atom is 0.335 e. The molecule has 21 heavy (non-hydrogen) atoms. The average Bonchev–Trinajstić information content (AvgIpc) is 2.43. The van der Waals surface area contributed by atoms with Crippen LogP contribution in [0.25, 0.3) is 0 Å². The third-order valence-corrected chi connectivity index (χ3v) is 2.91. The number of nitrogens with zero attached hydrogens (tertiary/aromatic N) is 2. The van der Waals surface area contributed by atoms with Crippen molar-refractivity contribution in [1.82, 2.24) is 0 Å². The lowest BCUT2D eigenvalue weighted by atomic mass is 9.90. The van der Waals surface area contributed by atoms with Crippen LogP contribution in [0.5, 0.6) is 5.75 Å². The molecule has 7 nitrogen and oxygen atoms in total. The van der Waals surface area contributed by atoms with Gasteiger partial charge in [0.15, 0.2) is 5.75 Å². The van der Waals surface area contributed by atoms with Crippen molar-refractivity contribution in [1.29, 1.82) is 5.26 Å². The molecule has 0 bridgehead atoms. The fourth-order valence-corrected chi connectivity index (χ4v) is 1.67. The Morgan fingerprint density at radius 2 is 2.19 bits per heavy atom. The minimum Gasteiger partial charge on any atom is -0.487 e. The summed E-state index contributed by atoms with van der Waals surface area (Å²) in [6.45, 7) is 3.76. The second-order valence-corrected chi connectivity index (χ2v) is 5.19. The number of benzene rings is 1. The average molecular weight is 292 g/mol. The molecule has 0 fully saturated rings. The lowest BCUT2D eigenvalue weighted by molar-refractivity contribution is -0.385. The van der Waals surface area contributed by atoms with Crippen LogP contribution in [0.2, 0.25) is 0 Å². The summed E-state index contributed by atoms with van der Waals surface area (Å²) in [4.78, 5) is 21.1. The molecule has 7 heteroatoms. The number of aromatic carboxylic acids is 1. The first kappa shape index (κ1) is 16.4.